The lowest BCUT2D eigenvalue weighted by Crippen LogP contribution is -2.03. The molecule has 74 valence electrons. The fraction of sp³-hybridized carbons (Fsp3) is 0.100. The number of hydrogen-bond donors (Lipinski definition) is 0. The Hall–Kier alpha value is -1.67. The molecule has 5 heteroatoms. The van der Waals surface area contributed by atoms with E-state index in [9.17, 15) is 0 Å². The lowest BCUT2D eigenvalue weighted by Gasteiger charge is -2.04. The van der Waals surface area contributed by atoms with E-state index < -0.39 is 0 Å². The predicted octanol–water partition coefficient (Wildman–Crippen LogP) is 1.96. The average molecular weight is 263 g/mol. The molecule has 0 bridgehead atoms. The molecule has 0 aliphatic rings. The van der Waals surface area contributed by atoms with Gasteiger partial charge in [-0.2, -0.15) is 5.26 Å². The lowest BCUT2D eigenvalue weighted by atomic mass is 10.3. The molecule has 0 N–H and O–H groups in total. The third-order valence-corrected chi connectivity index (χ3v) is 2.69. The highest BCUT2D eigenvalue weighted by Crippen LogP contribution is 2.14. The molecule has 0 aromatic carbocycles. The van der Waals surface area contributed by atoms with Gasteiger partial charge in [-0.15, -0.1) is 0 Å². The summed E-state index contributed by atoms with van der Waals surface area (Å²) in [5.74, 6) is 0.396. The standard InChI is InChI=1S/C10H7BrN4/c11-8-2-1-3-13-9(8)7-15-5-4-14-10(15)6-12/h1-5H,7H2. The predicted molar refractivity (Wildman–Crippen MR) is 58.0 cm³/mol. The van der Waals surface area contributed by atoms with E-state index in [2.05, 4.69) is 25.9 Å². The number of nitriles is 1. The summed E-state index contributed by atoms with van der Waals surface area (Å²) in [7, 11) is 0. The first kappa shape index (κ1) is 9.87. The summed E-state index contributed by atoms with van der Waals surface area (Å²) in [4.78, 5) is 8.14. The molecular formula is C10H7BrN4. The van der Waals surface area contributed by atoms with Crippen LogP contribution < -0.4 is 0 Å². The Morgan fingerprint density at radius 3 is 3.00 bits per heavy atom. The number of rotatable bonds is 2. The monoisotopic (exact) mass is 262 g/mol. The lowest BCUT2D eigenvalue weighted by molar-refractivity contribution is 0.756. The second kappa shape index (κ2) is 4.24. The van der Waals surface area contributed by atoms with Crippen molar-refractivity contribution in [1.82, 2.24) is 14.5 Å². The minimum atomic E-state index is 0.396. The molecule has 0 fully saturated rings. The van der Waals surface area contributed by atoms with E-state index in [0.717, 1.165) is 10.2 Å². The van der Waals surface area contributed by atoms with Gasteiger partial charge in [0.15, 0.2) is 0 Å². The fourth-order valence-electron chi connectivity index (χ4n) is 1.25. The summed E-state index contributed by atoms with van der Waals surface area (Å²) in [6.45, 7) is 0.546. The van der Waals surface area contributed by atoms with Crippen LogP contribution in [0.2, 0.25) is 0 Å². The zero-order valence-electron chi connectivity index (χ0n) is 7.76. The maximum Gasteiger partial charge on any atom is 0.213 e. The van der Waals surface area contributed by atoms with Crippen molar-refractivity contribution in [3.8, 4) is 6.07 Å². The van der Waals surface area contributed by atoms with E-state index >= 15 is 0 Å². The van der Waals surface area contributed by atoms with E-state index in [4.69, 9.17) is 5.26 Å². The average Bonchev–Trinajstić information content (AvgIpc) is 2.69. The van der Waals surface area contributed by atoms with Crippen LogP contribution in [-0.4, -0.2) is 14.5 Å². The SMILES string of the molecule is N#Cc1nccn1Cc1ncccc1Br. The maximum atomic E-state index is 8.79. The number of imidazole rings is 1. The van der Waals surface area contributed by atoms with Crippen molar-refractivity contribution >= 4 is 15.9 Å². The van der Waals surface area contributed by atoms with Gasteiger partial charge in [0.05, 0.1) is 12.2 Å². The molecule has 2 aromatic heterocycles. The van der Waals surface area contributed by atoms with Crippen LogP contribution >= 0.6 is 15.9 Å². The fourth-order valence-corrected chi connectivity index (χ4v) is 1.63. The zero-order chi connectivity index (χ0) is 10.7. The van der Waals surface area contributed by atoms with Crippen molar-refractivity contribution in [3.63, 3.8) is 0 Å². The Morgan fingerprint density at radius 2 is 2.27 bits per heavy atom. The van der Waals surface area contributed by atoms with Crippen molar-refractivity contribution in [2.24, 2.45) is 0 Å². The van der Waals surface area contributed by atoms with Crippen LogP contribution in [0.1, 0.15) is 11.5 Å². The van der Waals surface area contributed by atoms with Crippen molar-refractivity contribution in [3.05, 3.63) is 46.7 Å². The number of nitrogens with zero attached hydrogens (tertiary/aromatic N) is 4. The van der Waals surface area contributed by atoms with Crippen LogP contribution in [0, 0.1) is 11.3 Å². The third kappa shape index (κ3) is 2.05. The minimum absolute atomic E-state index is 0.396. The Labute approximate surface area is 95.3 Å². The van der Waals surface area contributed by atoms with Crippen LogP contribution in [0.5, 0.6) is 0 Å². The highest BCUT2D eigenvalue weighted by atomic mass is 79.9. The molecule has 0 spiro atoms. The quantitative estimate of drug-likeness (QED) is 0.832. The second-order valence-corrected chi connectivity index (χ2v) is 3.78. The smallest absolute Gasteiger partial charge is 0.213 e. The first-order valence-electron chi connectivity index (χ1n) is 4.32. The molecule has 0 atom stereocenters. The first-order chi connectivity index (χ1) is 7.31. The van der Waals surface area contributed by atoms with Gasteiger partial charge in [-0.05, 0) is 28.1 Å². The Balaban J connectivity index is 2.31. The largest absolute Gasteiger partial charge is 0.317 e. The summed E-state index contributed by atoms with van der Waals surface area (Å²) in [5.41, 5.74) is 0.881. The second-order valence-electron chi connectivity index (χ2n) is 2.92. The van der Waals surface area contributed by atoms with Gasteiger partial charge in [-0.1, -0.05) is 0 Å². The van der Waals surface area contributed by atoms with Crippen LogP contribution in [0.25, 0.3) is 0 Å². The molecule has 0 radical (unpaired) electrons. The minimum Gasteiger partial charge on any atom is -0.317 e. The van der Waals surface area contributed by atoms with Gasteiger partial charge in [0.25, 0.3) is 0 Å². The van der Waals surface area contributed by atoms with Crippen molar-refractivity contribution < 1.29 is 0 Å². The first-order valence-corrected chi connectivity index (χ1v) is 5.11. The summed E-state index contributed by atoms with van der Waals surface area (Å²) in [6, 6.07) is 5.80. The van der Waals surface area contributed by atoms with Crippen LogP contribution in [0.15, 0.2) is 35.2 Å². The molecule has 2 aromatic rings. The summed E-state index contributed by atoms with van der Waals surface area (Å²) >= 11 is 3.41. The normalized spacial score (nSPS) is 9.87. The molecule has 0 aliphatic carbocycles. The van der Waals surface area contributed by atoms with Gasteiger partial charge in [-0.25, -0.2) is 4.98 Å². The van der Waals surface area contributed by atoms with Gasteiger partial charge >= 0.3 is 0 Å². The number of pyridine rings is 1. The molecule has 0 aliphatic heterocycles. The number of halogens is 1. The van der Waals surface area contributed by atoms with Crippen molar-refractivity contribution in [1.29, 1.82) is 5.26 Å². The van der Waals surface area contributed by atoms with Gasteiger partial charge < -0.3 is 4.57 Å². The number of aromatic nitrogens is 3. The van der Waals surface area contributed by atoms with E-state index in [0.29, 0.717) is 12.4 Å². The van der Waals surface area contributed by atoms with Crippen molar-refractivity contribution in [2.75, 3.05) is 0 Å². The Bertz CT molecular complexity index is 512. The molecule has 0 unspecified atom stereocenters. The molecule has 2 rings (SSSR count). The molecule has 15 heavy (non-hydrogen) atoms. The van der Waals surface area contributed by atoms with E-state index in [1.54, 1.807) is 23.2 Å². The van der Waals surface area contributed by atoms with Crippen molar-refractivity contribution in [2.45, 2.75) is 6.54 Å². The van der Waals surface area contributed by atoms with Gasteiger partial charge in [0.1, 0.15) is 6.07 Å². The summed E-state index contributed by atoms with van der Waals surface area (Å²) < 4.78 is 2.69. The Morgan fingerprint density at radius 1 is 1.40 bits per heavy atom. The molecule has 4 nitrogen and oxygen atoms in total. The van der Waals surface area contributed by atoms with E-state index in [1.165, 1.54) is 0 Å². The number of hydrogen-bond acceptors (Lipinski definition) is 3. The van der Waals surface area contributed by atoms with Crippen LogP contribution in [0.3, 0.4) is 0 Å². The van der Waals surface area contributed by atoms with Crippen LogP contribution in [-0.2, 0) is 6.54 Å². The molecular weight excluding hydrogens is 256 g/mol. The molecule has 0 saturated carbocycles. The topological polar surface area (TPSA) is 54.5 Å². The van der Waals surface area contributed by atoms with Gasteiger partial charge in [0, 0.05) is 23.1 Å². The highest BCUT2D eigenvalue weighted by molar-refractivity contribution is 9.10. The van der Waals surface area contributed by atoms with Gasteiger partial charge in [0.2, 0.25) is 5.82 Å². The molecule has 2 heterocycles. The third-order valence-electron chi connectivity index (χ3n) is 1.97. The summed E-state index contributed by atoms with van der Waals surface area (Å²) in [6.07, 6.45) is 5.10. The highest BCUT2D eigenvalue weighted by Gasteiger charge is 2.05. The van der Waals surface area contributed by atoms with E-state index in [1.807, 2.05) is 18.2 Å². The zero-order valence-corrected chi connectivity index (χ0v) is 9.35. The Kier molecular flexibility index (Phi) is 2.79. The van der Waals surface area contributed by atoms with E-state index in [-0.39, 0.29) is 0 Å². The molecule has 0 amide bonds. The maximum absolute atomic E-state index is 8.79. The summed E-state index contributed by atoms with van der Waals surface area (Å²) in [5, 5.41) is 8.79. The molecule has 0 saturated heterocycles. The van der Waals surface area contributed by atoms with Crippen LogP contribution in [0.4, 0.5) is 0 Å². The van der Waals surface area contributed by atoms with Gasteiger partial charge in [-0.3, -0.25) is 4.98 Å².